The van der Waals surface area contributed by atoms with Gasteiger partial charge in [-0.05, 0) is 48.9 Å². The van der Waals surface area contributed by atoms with Gasteiger partial charge in [-0.2, -0.15) is 4.57 Å². The summed E-state index contributed by atoms with van der Waals surface area (Å²) < 4.78 is 8.63. The van der Waals surface area contributed by atoms with Crippen molar-refractivity contribution in [3.63, 3.8) is 0 Å². The molecule has 8 rings (SSSR count). The zero-order valence-electron chi connectivity index (χ0n) is 23.7. The maximum atomic E-state index is 6.40. The van der Waals surface area contributed by atoms with E-state index >= 15 is 0 Å². The molecule has 0 atom stereocenters. The van der Waals surface area contributed by atoms with Gasteiger partial charge in [-0.25, -0.2) is 19.9 Å². The molecule has 0 radical (unpaired) electrons. The van der Waals surface area contributed by atoms with Gasteiger partial charge in [0.1, 0.15) is 18.3 Å². The fraction of sp³-hybridized carbons (Fsp3) is 0.0541. The lowest BCUT2D eigenvalue weighted by molar-refractivity contribution is -0.633. The van der Waals surface area contributed by atoms with Gasteiger partial charge in [0.2, 0.25) is 16.9 Å². The van der Waals surface area contributed by atoms with Crippen LogP contribution in [0.3, 0.4) is 0 Å². The molecule has 4 aromatic heterocycles. The van der Waals surface area contributed by atoms with Crippen LogP contribution in [0.25, 0.3) is 78.5 Å². The first-order valence-corrected chi connectivity index (χ1v) is 14.2. The lowest BCUT2D eigenvalue weighted by atomic mass is 10.0. The van der Waals surface area contributed by atoms with E-state index in [9.17, 15) is 0 Å². The summed E-state index contributed by atoms with van der Waals surface area (Å²) >= 11 is 0. The summed E-state index contributed by atoms with van der Waals surface area (Å²) in [5, 5.41) is 3.19. The Labute approximate surface area is 248 Å². The number of pyridine rings is 2. The van der Waals surface area contributed by atoms with Gasteiger partial charge in [-0.1, -0.05) is 72.8 Å². The number of aryl methyl sites for hydroxylation is 2. The molecule has 0 amide bonds. The van der Waals surface area contributed by atoms with Crippen LogP contribution in [0.5, 0.6) is 0 Å². The van der Waals surface area contributed by atoms with Crippen molar-refractivity contribution in [2.75, 3.05) is 0 Å². The monoisotopic (exact) mass is 556 g/mol. The highest BCUT2D eigenvalue weighted by Crippen LogP contribution is 2.35. The van der Waals surface area contributed by atoms with Gasteiger partial charge in [-0.3, -0.25) is 0 Å². The van der Waals surface area contributed by atoms with Crippen LogP contribution in [-0.4, -0.2) is 19.9 Å². The Morgan fingerprint density at radius 1 is 0.581 bits per heavy atom. The van der Waals surface area contributed by atoms with Crippen LogP contribution in [0, 0.1) is 6.92 Å². The van der Waals surface area contributed by atoms with Crippen LogP contribution < -0.4 is 4.57 Å². The molecule has 43 heavy (non-hydrogen) atoms. The maximum absolute atomic E-state index is 6.40. The number of nitrogens with zero attached hydrogens (tertiary/aromatic N) is 5. The van der Waals surface area contributed by atoms with E-state index < -0.39 is 0 Å². The number of hydrogen-bond acceptors (Lipinski definition) is 5. The molecule has 0 fully saturated rings. The standard InChI is InChI=1S/C37H26N5O/c1-23-21-29-27-18-19-30(36-40-34(25-12-5-3-6-13-25)39-35(41-36)26-14-7-4-8-15-26)38-37(27)43-33(29)22-28(23)32-20-17-24-11-9-10-16-31(24)42(32)2/h3-22H,1-2H3/q+1. The van der Waals surface area contributed by atoms with Crippen molar-refractivity contribution >= 4 is 33.0 Å². The van der Waals surface area contributed by atoms with E-state index in [-0.39, 0.29) is 0 Å². The molecule has 4 heterocycles. The van der Waals surface area contributed by atoms with Gasteiger partial charge in [0.25, 0.3) is 0 Å². The van der Waals surface area contributed by atoms with Gasteiger partial charge < -0.3 is 4.42 Å². The Kier molecular flexibility index (Phi) is 5.79. The smallest absolute Gasteiger partial charge is 0.227 e. The number of benzene rings is 4. The first-order valence-electron chi connectivity index (χ1n) is 14.2. The molecule has 0 saturated heterocycles. The molecule has 0 N–H and O–H groups in total. The van der Waals surface area contributed by atoms with E-state index in [1.165, 1.54) is 16.5 Å². The molecule has 204 valence electrons. The van der Waals surface area contributed by atoms with Gasteiger partial charge in [0.15, 0.2) is 17.5 Å². The Morgan fingerprint density at radius 2 is 1.23 bits per heavy atom. The van der Waals surface area contributed by atoms with E-state index in [1.54, 1.807) is 0 Å². The maximum Gasteiger partial charge on any atom is 0.227 e. The van der Waals surface area contributed by atoms with Crippen LogP contribution in [0.1, 0.15) is 5.56 Å². The Morgan fingerprint density at radius 3 is 1.95 bits per heavy atom. The molecule has 0 aliphatic carbocycles. The summed E-state index contributed by atoms with van der Waals surface area (Å²) in [6, 6.07) is 41.0. The fourth-order valence-electron chi connectivity index (χ4n) is 5.75. The van der Waals surface area contributed by atoms with Crippen molar-refractivity contribution in [2.45, 2.75) is 6.92 Å². The summed E-state index contributed by atoms with van der Waals surface area (Å²) in [4.78, 5) is 19.4. The van der Waals surface area contributed by atoms with Crippen LogP contribution in [-0.2, 0) is 7.05 Å². The van der Waals surface area contributed by atoms with Crippen LogP contribution in [0.4, 0.5) is 0 Å². The molecular weight excluding hydrogens is 530 g/mol. The molecule has 6 heteroatoms. The second kappa shape index (κ2) is 9.96. The van der Waals surface area contributed by atoms with Crippen molar-refractivity contribution < 1.29 is 8.98 Å². The molecule has 6 nitrogen and oxygen atoms in total. The minimum absolute atomic E-state index is 0.495. The summed E-state index contributed by atoms with van der Waals surface area (Å²) in [6.45, 7) is 2.14. The molecule has 0 aliphatic rings. The second-order valence-electron chi connectivity index (χ2n) is 10.7. The third-order valence-corrected chi connectivity index (χ3v) is 7.97. The SMILES string of the molecule is Cc1cc2c(cc1-c1ccc3ccccc3[n+]1C)oc1nc(-c3nc(-c4ccccc4)nc(-c4ccccc4)n3)ccc12. The van der Waals surface area contributed by atoms with Crippen molar-refractivity contribution in [1.29, 1.82) is 0 Å². The van der Waals surface area contributed by atoms with Crippen LogP contribution in [0.2, 0.25) is 0 Å². The number of furan rings is 1. The highest BCUT2D eigenvalue weighted by molar-refractivity contribution is 6.05. The number of rotatable bonds is 4. The van der Waals surface area contributed by atoms with Crippen molar-refractivity contribution in [3.05, 3.63) is 127 Å². The quantitative estimate of drug-likeness (QED) is 0.205. The zero-order valence-corrected chi connectivity index (χ0v) is 23.7. The lowest BCUT2D eigenvalue weighted by Crippen LogP contribution is -2.32. The highest BCUT2D eigenvalue weighted by Gasteiger charge is 2.20. The summed E-state index contributed by atoms with van der Waals surface area (Å²) in [5.74, 6) is 1.69. The van der Waals surface area contributed by atoms with E-state index in [0.29, 0.717) is 28.9 Å². The molecule has 0 unspecified atom stereocenters. The highest BCUT2D eigenvalue weighted by atomic mass is 16.3. The van der Waals surface area contributed by atoms with Gasteiger partial charge in [0, 0.05) is 39.4 Å². The Bertz CT molecular complexity index is 2250. The number of fused-ring (bicyclic) bond motifs is 4. The summed E-state index contributed by atoms with van der Waals surface area (Å²) in [7, 11) is 2.11. The van der Waals surface area contributed by atoms with Crippen LogP contribution in [0.15, 0.2) is 126 Å². The fourth-order valence-corrected chi connectivity index (χ4v) is 5.75. The van der Waals surface area contributed by atoms with E-state index in [4.69, 9.17) is 24.4 Å². The van der Waals surface area contributed by atoms with Gasteiger partial charge >= 0.3 is 0 Å². The second-order valence-corrected chi connectivity index (χ2v) is 10.7. The molecular formula is C37H26N5O+. The number of hydrogen-bond donors (Lipinski definition) is 0. The molecule has 0 aliphatic heterocycles. The molecule has 0 saturated carbocycles. The first kappa shape index (κ1) is 25.0. The Balaban J connectivity index is 1.27. The predicted octanol–water partition coefficient (Wildman–Crippen LogP) is 8.12. The van der Waals surface area contributed by atoms with E-state index in [1.807, 2.05) is 72.8 Å². The number of para-hydroxylation sites is 1. The van der Waals surface area contributed by atoms with E-state index in [0.717, 1.165) is 38.7 Å². The minimum Gasteiger partial charge on any atom is -0.438 e. The summed E-state index contributed by atoms with van der Waals surface area (Å²) in [6.07, 6.45) is 0. The third kappa shape index (κ3) is 4.32. The third-order valence-electron chi connectivity index (χ3n) is 7.97. The largest absolute Gasteiger partial charge is 0.438 e. The minimum atomic E-state index is 0.495. The van der Waals surface area contributed by atoms with Crippen molar-refractivity contribution in [3.8, 4) is 45.6 Å². The summed E-state index contributed by atoms with van der Waals surface area (Å²) in [5.41, 5.74) is 8.39. The molecule has 8 aromatic rings. The topological polar surface area (TPSA) is 68.6 Å². The average molecular weight is 557 g/mol. The predicted molar refractivity (Wildman–Crippen MR) is 170 cm³/mol. The molecule has 4 aromatic carbocycles. The van der Waals surface area contributed by atoms with Crippen LogP contribution >= 0.6 is 0 Å². The molecule has 0 spiro atoms. The zero-order chi connectivity index (χ0) is 28.9. The average Bonchev–Trinajstić information content (AvgIpc) is 3.42. The lowest BCUT2D eigenvalue weighted by Gasteiger charge is -2.07. The first-order chi connectivity index (χ1) is 21.1. The van der Waals surface area contributed by atoms with Crippen molar-refractivity contribution in [1.82, 2.24) is 19.9 Å². The van der Waals surface area contributed by atoms with Gasteiger partial charge in [0.05, 0.1) is 5.56 Å². The number of aromatic nitrogens is 5. The van der Waals surface area contributed by atoms with Gasteiger partial charge in [-0.15, -0.1) is 0 Å². The Hall–Kier alpha value is -5.75. The molecule has 0 bridgehead atoms. The normalized spacial score (nSPS) is 11.5. The van der Waals surface area contributed by atoms with Crippen molar-refractivity contribution in [2.24, 2.45) is 7.05 Å². The van der Waals surface area contributed by atoms with E-state index in [2.05, 4.69) is 67.1 Å².